The summed E-state index contributed by atoms with van der Waals surface area (Å²) in [5.41, 5.74) is 0.631. The molecular formula is C25H29Cl2N3O5S. The molecule has 2 aromatic carbocycles. The molecule has 0 spiro atoms. The number of carbonyl (C=O) groups excluding carboxylic acids is 3. The van der Waals surface area contributed by atoms with Crippen molar-refractivity contribution in [2.45, 2.75) is 57.0 Å². The summed E-state index contributed by atoms with van der Waals surface area (Å²) < 4.78 is 26.3. The van der Waals surface area contributed by atoms with Crippen LogP contribution in [0.1, 0.15) is 55.5 Å². The highest BCUT2D eigenvalue weighted by molar-refractivity contribution is 7.90. The molecule has 2 aromatic rings. The zero-order chi connectivity index (χ0) is 26.5. The molecule has 0 radical (unpaired) electrons. The van der Waals surface area contributed by atoms with Crippen LogP contribution in [0, 0.1) is 0 Å². The summed E-state index contributed by atoms with van der Waals surface area (Å²) in [5, 5.41) is 3.56. The van der Waals surface area contributed by atoms with Crippen molar-refractivity contribution < 1.29 is 22.8 Å². The molecule has 1 aliphatic heterocycles. The Balaban J connectivity index is 1.73. The summed E-state index contributed by atoms with van der Waals surface area (Å²) in [7, 11) is -3.96. The number of unbranched alkanes of at least 4 members (excludes halogenated alkanes) is 1. The fourth-order valence-corrected chi connectivity index (χ4v) is 6.07. The summed E-state index contributed by atoms with van der Waals surface area (Å²) in [6.07, 6.45) is 1.73. The van der Waals surface area contributed by atoms with Crippen LogP contribution < -0.4 is 5.32 Å². The summed E-state index contributed by atoms with van der Waals surface area (Å²) in [4.78, 5) is 40.0. The van der Waals surface area contributed by atoms with Crippen LogP contribution in [0.15, 0.2) is 47.4 Å². The van der Waals surface area contributed by atoms with E-state index in [1.807, 2.05) is 6.92 Å². The van der Waals surface area contributed by atoms with E-state index in [4.69, 9.17) is 23.2 Å². The molecule has 3 amide bonds. The van der Waals surface area contributed by atoms with Gasteiger partial charge in [-0.25, -0.2) is 12.7 Å². The van der Waals surface area contributed by atoms with E-state index < -0.39 is 22.0 Å². The van der Waals surface area contributed by atoms with Gasteiger partial charge in [-0.15, -0.1) is 0 Å². The van der Waals surface area contributed by atoms with E-state index in [2.05, 4.69) is 5.32 Å². The van der Waals surface area contributed by atoms with Gasteiger partial charge in [-0.1, -0.05) is 54.7 Å². The smallest absolute Gasteiger partial charge is 0.269 e. The first kappa shape index (κ1) is 28.0. The number of nitrogens with one attached hydrogen (secondary N) is 1. The number of carbonyl (C=O) groups is 3. The molecule has 11 heteroatoms. The Morgan fingerprint density at radius 1 is 1.06 bits per heavy atom. The third-order valence-corrected chi connectivity index (χ3v) is 8.60. The monoisotopic (exact) mass is 553 g/mol. The molecule has 0 aromatic heterocycles. The van der Waals surface area contributed by atoms with E-state index >= 15 is 0 Å². The molecule has 0 unspecified atom stereocenters. The van der Waals surface area contributed by atoms with Crippen molar-refractivity contribution in [1.29, 1.82) is 0 Å². The zero-order valence-corrected chi connectivity index (χ0v) is 22.5. The predicted molar refractivity (Wildman–Crippen MR) is 138 cm³/mol. The van der Waals surface area contributed by atoms with E-state index in [1.54, 1.807) is 37.3 Å². The van der Waals surface area contributed by atoms with Gasteiger partial charge in [0.1, 0.15) is 10.9 Å². The molecule has 36 heavy (non-hydrogen) atoms. The lowest BCUT2D eigenvalue weighted by molar-refractivity contribution is -0.140. The van der Waals surface area contributed by atoms with E-state index in [-0.39, 0.29) is 48.2 Å². The van der Waals surface area contributed by atoms with Gasteiger partial charge >= 0.3 is 0 Å². The van der Waals surface area contributed by atoms with Crippen LogP contribution in [0.3, 0.4) is 0 Å². The van der Waals surface area contributed by atoms with Crippen molar-refractivity contribution >= 4 is 50.9 Å². The number of hydrogen-bond donors (Lipinski definition) is 1. The number of nitrogens with zero attached hydrogens (tertiary/aromatic N) is 2. The topological polar surface area (TPSA) is 104 Å². The highest BCUT2D eigenvalue weighted by Gasteiger charge is 2.40. The standard InChI is InChI=1S/C25H29Cl2N3O5S/c1-3-4-14-28-24(32)17(2)29(16-19-20(26)10-7-11-21(19)27)23(31)13-8-15-30-25(33)18-9-5-6-12-22(18)36(30,34)35/h5-7,9-12,17H,3-4,8,13-16H2,1-2H3,(H,28,32)/t17-/m0/s1. The number of rotatable bonds is 11. The molecule has 1 atom stereocenters. The van der Waals surface area contributed by atoms with Crippen molar-refractivity contribution in [1.82, 2.24) is 14.5 Å². The molecule has 0 saturated carbocycles. The Morgan fingerprint density at radius 2 is 1.72 bits per heavy atom. The summed E-state index contributed by atoms with van der Waals surface area (Å²) in [6.45, 7) is 3.97. The Labute approximate surface area is 221 Å². The van der Waals surface area contributed by atoms with E-state index in [0.717, 1.165) is 17.1 Å². The van der Waals surface area contributed by atoms with Crippen LogP contribution in [0.2, 0.25) is 10.0 Å². The minimum atomic E-state index is -3.96. The minimum absolute atomic E-state index is 0.00604. The molecule has 0 saturated heterocycles. The summed E-state index contributed by atoms with van der Waals surface area (Å²) in [6, 6.07) is 10.2. The number of fused-ring (bicyclic) bond motifs is 1. The van der Waals surface area contributed by atoms with E-state index in [9.17, 15) is 22.8 Å². The summed E-state index contributed by atoms with van der Waals surface area (Å²) in [5.74, 6) is -1.31. The molecule has 1 aliphatic rings. The van der Waals surface area contributed by atoms with Crippen LogP contribution in [0.5, 0.6) is 0 Å². The molecule has 0 fully saturated rings. The van der Waals surface area contributed by atoms with Crippen LogP contribution in [-0.2, 0) is 26.2 Å². The van der Waals surface area contributed by atoms with Crippen LogP contribution in [0.4, 0.5) is 0 Å². The SMILES string of the molecule is CCCCNC(=O)[C@H](C)N(Cc1c(Cl)cccc1Cl)C(=O)CCCN1C(=O)c2ccccc2S1(=O)=O. The molecule has 1 heterocycles. The van der Waals surface area contributed by atoms with Crippen LogP contribution in [-0.4, -0.2) is 54.5 Å². The second kappa shape index (κ2) is 12.1. The molecule has 1 N–H and O–H groups in total. The molecule has 194 valence electrons. The predicted octanol–water partition coefficient (Wildman–Crippen LogP) is 4.25. The minimum Gasteiger partial charge on any atom is -0.354 e. The maximum absolute atomic E-state index is 13.3. The Kier molecular flexibility index (Phi) is 9.38. The second-order valence-electron chi connectivity index (χ2n) is 8.52. The highest BCUT2D eigenvalue weighted by Crippen LogP contribution is 2.30. The quantitative estimate of drug-likeness (QED) is 0.419. The highest BCUT2D eigenvalue weighted by atomic mass is 35.5. The fraction of sp³-hybridized carbons (Fsp3) is 0.400. The van der Waals surface area contributed by atoms with Gasteiger partial charge in [0, 0.05) is 41.7 Å². The van der Waals surface area contributed by atoms with Gasteiger partial charge in [0.15, 0.2) is 0 Å². The largest absolute Gasteiger partial charge is 0.354 e. The van der Waals surface area contributed by atoms with Gasteiger partial charge in [0.05, 0.1) is 5.56 Å². The maximum Gasteiger partial charge on any atom is 0.269 e. The Bertz CT molecular complexity index is 1230. The van der Waals surface area contributed by atoms with Gasteiger partial charge in [0.2, 0.25) is 11.8 Å². The van der Waals surface area contributed by atoms with Gasteiger partial charge < -0.3 is 10.2 Å². The third kappa shape index (κ3) is 6.02. The second-order valence-corrected chi connectivity index (χ2v) is 11.2. The summed E-state index contributed by atoms with van der Waals surface area (Å²) >= 11 is 12.6. The fourth-order valence-electron chi connectivity index (χ4n) is 3.94. The van der Waals surface area contributed by atoms with Gasteiger partial charge in [-0.3, -0.25) is 14.4 Å². The number of benzene rings is 2. The lowest BCUT2D eigenvalue weighted by Crippen LogP contribution is -2.48. The number of amides is 3. The van der Waals surface area contributed by atoms with Crippen molar-refractivity contribution in [2.75, 3.05) is 13.1 Å². The average molecular weight is 554 g/mol. The zero-order valence-electron chi connectivity index (χ0n) is 20.2. The first-order chi connectivity index (χ1) is 17.1. The normalized spacial score (nSPS) is 14.9. The maximum atomic E-state index is 13.3. The first-order valence-corrected chi connectivity index (χ1v) is 13.9. The lowest BCUT2D eigenvalue weighted by atomic mass is 10.1. The Hall–Kier alpha value is -2.62. The van der Waals surface area contributed by atoms with Gasteiger partial charge in [-0.2, -0.15) is 0 Å². The van der Waals surface area contributed by atoms with E-state index in [1.165, 1.54) is 17.0 Å². The first-order valence-electron chi connectivity index (χ1n) is 11.8. The molecular weight excluding hydrogens is 525 g/mol. The lowest BCUT2D eigenvalue weighted by Gasteiger charge is -2.29. The number of hydrogen-bond acceptors (Lipinski definition) is 5. The average Bonchev–Trinajstić information content (AvgIpc) is 3.04. The van der Waals surface area contributed by atoms with Crippen molar-refractivity contribution in [3.63, 3.8) is 0 Å². The van der Waals surface area contributed by atoms with Crippen molar-refractivity contribution in [3.05, 3.63) is 63.6 Å². The van der Waals surface area contributed by atoms with Gasteiger partial charge in [-0.05, 0) is 44.0 Å². The van der Waals surface area contributed by atoms with Crippen molar-refractivity contribution in [2.24, 2.45) is 0 Å². The van der Waals surface area contributed by atoms with E-state index in [0.29, 0.717) is 22.2 Å². The third-order valence-electron chi connectivity index (χ3n) is 6.05. The van der Waals surface area contributed by atoms with Crippen LogP contribution >= 0.6 is 23.2 Å². The van der Waals surface area contributed by atoms with Crippen LogP contribution in [0.25, 0.3) is 0 Å². The molecule has 0 bridgehead atoms. The molecule has 8 nitrogen and oxygen atoms in total. The number of sulfonamides is 1. The Morgan fingerprint density at radius 3 is 2.36 bits per heavy atom. The number of halogens is 2. The molecule has 0 aliphatic carbocycles. The van der Waals surface area contributed by atoms with Gasteiger partial charge in [0.25, 0.3) is 15.9 Å². The van der Waals surface area contributed by atoms with Crippen molar-refractivity contribution in [3.8, 4) is 0 Å². The molecule has 3 rings (SSSR count).